The van der Waals surface area contributed by atoms with Gasteiger partial charge in [-0.3, -0.25) is 24.1 Å². The number of rotatable bonds is 12. The summed E-state index contributed by atoms with van der Waals surface area (Å²) in [5, 5.41) is 14.3. The Hall–Kier alpha value is -3.34. The number of thioether (sulfide) groups is 1. The van der Waals surface area contributed by atoms with E-state index in [9.17, 15) is 29.1 Å². The summed E-state index contributed by atoms with van der Waals surface area (Å²) in [7, 11) is 1.17. The van der Waals surface area contributed by atoms with Crippen LogP contribution in [0.1, 0.15) is 36.5 Å². The number of amides is 4. The van der Waals surface area contributed by atoms with E-state index >= 15 is 0 Å². The van der Waals surface area contributed by atoms with Gasteiger partial charge in [-0.05, 0) is 18.6 Å². The molecule has 184 valence electrons. The highest BCUT2D eigenvalue weighted by atomic mass is 32.2. The van der Waals surface area contributed by atoms with Gasteiger partial charge in [-0.2, -0.15) is 0 Å². The normalized spacial score (nSPS) is 16.5. The summed E-state index contributed by atoms with van der Waals surface area (Å²) in [6, 6.07) is 4.79. The van der Waals surface area contributed by atoms with Crippen molar-refractivity contribution in [1.29, 1.82) is 0 Å². The second-order valence-electron chi connectivity index (χ2n) is 7.41. The van der Waals surface area contributed by atoms with Gasteiger partial charge in [0.15, 0.2) is 0 Å². The van der Waals surface area contributed by atoms with E-state index in [0.29, 0.717) is 0 Å². The number of methoxy groups -OCH3 is 1. The third kappa shape index (κ3) is 7.62. The maximum Gasteiger partial charge on any atom is 0.329 e. The molecule has 10 nitrogen and oxygen atoms in total. The summed E-state index contributed by atoms with van der Waals surface area (Å²) in [6.45, 7) is 2.17. The van der Waals surface area contributed by atoms with Crippen LogP contribution in [0.15, 0.2) is 36.4 Å². The molecule has 0 aromatic heterocycles. The fraction of sp³-hybridized carbons (Fsp3) is 0.435. The Labute approximate surface area is 202 Å². The second kappa shape index (κ2) is 13.4. The SMILES string of the molecule is CC/C=C\CC(=O)NCCN1C(=O)CC(SCC(NC(=O)c2ccccc2O)C(=O)OC)C1=O. The number of benzene rings is 1. The third-order valence-electron chi connectivity index (χ3n) is 4.97. The number of likely N-dealkylation sites (tertiary alicyclic amines) is 1. The monoisotopic (exact) mass is 491 g/mol. The smallest absolute Gasteiger partial charge is 0.329 e. The molecule has 1 fully saturated rings. The van der Waals surface area contributed by atoms with Crippen molar-refractivity contribution in [3.8, 4) is 5.75 Å². The molecule has 1 heterocycles. The number of allylic oxidation sites excluding steroid dienone is 1. The molecule has 3 N–H and O–H groups in total. The number of phenolic OH excluding ortho intramolecular Hbond substituents is 1. The van der Waals surface area contributed by atoms with Gasteiger partial charge in [0.05, 0.1) is 17.9 Å². The van der Waals surface area contributed by atoms with Crippen molar-refractivity contribution < 1.29 is 33.8 Å². The number of carbonyl (C=O) groups is 5. The summed E-state index contributed by atoms with van der Waals surface area (Å²) < 4.78 is 4.74. The topological polar surface area (TPSA) is 142 Å². The molecule has 1 aromatic rings. The van der Waals surface area contributed by atoms with Crippen LogP contribution in [0, 0.1) is 0 Å². The Balaban J connectivity index is 1.90. The maximum atomic E-state index is 12.7. The number of hydrogen-bond acceptors (Lipinski definition) is 8. The first-order valence-electron chi connectivity index (χ1n) is 10.8. The number of phenols is 1. The van der Waals surface area contributed by atoms with Crippen LogP contribution in [0.25, 0.3) is 0 Å². The minimum atomic E-state index is -1.09. The van der Waals surface area contributed by atoms with Gasteiger partial charge in [-0.25, -0.2) is 4.79 Å². The Kier molecular flexibility index (Phi) is 10.6. The van der Waals surface area contributed by atoms with Crippen LogP contribution in [0.5, 0.6) is 5.75 Å². The number of imide groups is 1. The molecule has 2 rings (SSSR count). The minimum Gasteiger partial charge on any atom is -0.507 e. The molecule has 0 radical (unpaired) electrons. The fourth-order valence-corrected chi connectivity index (χ4v) is 4.35. The van der Waals surface area contributed by atoms with Gasteiger partial charge in [-0.1, -0.05) is 31.2 Å². The van der Waals surface area contributed by atoms with Crippen LogP contribution in [-0.4, -0.2) is 76.8 Å². The predicted molar refractivity (Wildman–Crippen MR) is 126 cm³/mol. The molecule has 0 aliphatic carbocycles. The molecule has 34 heavy (non-hydrogen) atoms. The lowest BCUT2D eigenvalue weighted by Crippen LogP contribution is -2.44. The van der Waals surface area contributed by atoms with E-state index in [-0.39, 0.29) is 54.8 Å². The molecular weight excluding hydrogens is 462 g/mol. The summed E-state index contributed by atoms with van der Waals surface area (Å²) in [5.41, 5.74) is -0.00747. The molecule has 11 heteroatoms. The average Bonchev–Trinajstić information content (AvgIpc) is 3.09. The first-order chi connectivity index (χ1) is 16.3. The van der Waals surface area contributed by atoms with Crippen LogP contribution in [0.3, 0.4) is 0 Å². The van der Waals surface area contributed by atoms with Crippen molar-refractivity contribution in [2.45, 2.75) is 37.5 Å². The molecule has 4 amide bonds. The first kappa shape index (κ1) is 26.9. The summed E-state index contributed by atoms with van der Waals surface area (Å²) >= 11 is 1.06. The number of nitrogens with one attached hydrogen (secondary N) is 2. The number of para-hydroxylation sites is 1. The van der Waals surface area contributed by atoms with Gasteiger partial charge in [0.25, 0.3) is 5.91 Å². The number of hydrogen-bond donors (Lipinski definition) is 3. The van der Waals surface area contributed by atoms with Crippen LogP contribution in [0.2, 0.25) is 0 Å². The van der Waals surface area contributed by atoms with Crippen molar-refractivity contribution in [3.63, 3.8) is 0 Å². The average molecular weight is 492 g/mol. The van der Waals surface area contributed by atoms with Gasteiger partial charge in [-0.15, -0.1) is 11.8 Å². The highest BCUT2D eigenvalue weighted by molar-refractivity contribution is 8.00. The van der Waals surface area contributed by atoms with E-state index < -0.39 is 29.1 Å². The largest absolute Gasteiger partial charge is 0.507 e. The minimum absolute atomic E-state index is 0.00747. The summed E-state index contributed by atoms with van der Waals surface area (Å²) in [6.07, 6.45) is 4.65. The quantitative estimate of drug-likeness (QED) is 0.223. The Bertz CT molecular complexity index is 950. The van der Waals surface area contributed by atoms with Crippen LogP contribution in [0.4, 0.5) is 0 Å². The van der Waals surface area contributed by atoms with E-state index in [4.69, 9.17) is 4.74 Å². The highest BCUT2D eigenvalue weighted by Gasteiger charge is 2.39. The molecule has 1 aromatic carbocycles. The van der Waals surface area contributed by atoms with Crippen molar-refractivity contribution in [1.82, 2.24) is 15.5 Å². The van der Waals surface area contributed by atoms with Crippen molar-refractivity contribution in [2.75, 3.05) is 26.0 Å². The standard InChI is InChI=1S/C23H29N3O7S/c1-3-4-5-10-19(28)24-11-12-26-20(29)13-18(22(26)31)34-14-16(23(32)33-2)25-21(30)15-8-6-7-9-17(15)27/h4-9,16,18,27H,3,10-14H2,1-2H3,(H,24,28)(H,25,30)/b5-4-. The van der Waals surface area contributed by atoms with Crippen LogP contribution >= 0.6 is 11.8 Å². The van der Waals surface area contributed by atoms with Crippen molar-refractivity contribution >= 4 is 41.4 Å². The summed E-state index contributed by atoms with van der Waals surface area (Å²) in [4.78, 5) is 62.4. The molecule has 0 spiro atoms. The van der Waals surface area contributed by atoms with Gasteiger partial charge < -0.3 is 20.5 Å². The van der Waals surface area contributed by atoms with E-state index in [0.717, 1.165) is 23.1 Å². The predicted octanol–water partition coefficient (Wildman–Crippen LogP) is 0.997. The van der Waals surface area contributed by atoms with E-state index in [1.165, 1.54) is 19.2 Å². The Morgan fingerprint density at radius 1 is 1.26 bits per heavy atom. The molecule has 0 bridgehead atoms. The lowest BCUT2D eigenvalue weighted by molar-refractivity contribution is -0.142. The first-order valence-corrected chi connectivity index (χ1v) is 11.9. The highest BCUT2D eigenvalue weighted by Crippen LogP contribution is 2.26. The number of esters is 1. The van der Waals surface area contributed by atoms with Crippen LogP contribution in [-0.2, 0) is 23.9 Å². The van der Waals surface area contributed by atoms with Gasteiger partial charge in [0.1, 0.15) is 11.8 Å². The molecule has 1 aliphatic rings. The van der Waals surface area contributed by atoms with Gasteiger partial charge >= 0.3 is 5.97 Å². The number of ether oxygens (including phenoxy) is 1. The van der Waals surface area contributed by atoms with E-state index in [1.54, 1.807) is 18.2 Å². The zero-order valence-corrected chi connectivity index (χ0v) is 19.9. The van der Waals surface area contributed by atoms with Crippen molar-refractivity contribution in [3.05, 3.63) is 42.0 Å². The molecular formula is C23H29N3O7S. The van der Waals surface area contributed by atoms with Crippen molar-refractivity contribution in [2.24, 2.45) is 0 Å². The third-order valence-corrected chi connectivity index (χ3v) is 6.27. The van der Waals surface area contributed by atoms with Gasteiger partial charge in [0.2, 0.25) is 17.7 Å². The number of carbonyl (C=O) groups excluding carboxylic acids is 5. The molecule has 1 saturated heterocycles. The number of nitrogens with zero attached hydrogens (tertiary/aromatic N) is 1. The molecule has 2 atom stereocenters. The van der Waals surface area contributed by atoms with Gasteiger partial charge in [0, 0.05) is 31.7 Å². The maximum absolute atomic E-state index is 12.7. The van der Waals surface area contributed by atoms with E-state index in [1.807, 2.05) is 13.0 Å². The van der Waals surface area contributed by atoms with E-state index in [2.05, 4.69) is 10.6 Å². The zero-order chi connectivity index (χ0) is 25.1. The summed E-state index contributed by atoms with van der Waals surface area (Å²) in [5.74, 6) is -2.61. The molecule has 0 saturated carbocycles. The zero-order valence-electron chi connectivity index (χ0n) is 19.1. The number of aromatic hydroxyl groups is 1. The lowest BCUT2D eigenvalue weighted by atomic mass is 10.2. The fourth-order valence-electron chi connectivity index (χ4n) is 3.18. The molecule has 2 unspecified atom stereocenters. The molecule has 1 aliphatic heterocycles. The second-order valence-corrected chi connectivity index (χ2v) is 8.65. The Morgan fingerprint density at radius 2 is 2.00 bits per heavy atom. The van der Waals surface area contributed by atoms with Crippen LogP contribution < -0.4 is 10.6 Å². The Morgan fingerprint density at radius 3 is 2.68 bits per heavy atom. The lowest BCUT2D eigenvalue weighted by Gasteiger charge is -2.18.